The topological polar surface area (TPSA) is 76.2 Å². The number of carbonyl (C=O) groups excluding carboxylic acids is 2. The van der Waals surface area contributed by atoms with Gasteiger partial charge < -0.3 is 20.4 Å². The molecular weight excluding hydrogens is 202 g/mol. The van der Waals surface area contributed by atoms with E-state index in [4.69, 9.17) is 0 Å². The smallest absolute Gasteiger partial charge is 0.870 e. The molecular formula is C5H6F3NNaO3-. The predicted molar refractivity (Wildman–Crippen MR) is 31.3 cm³/mol. The van der Waals surface area contributed by atoms with E-state index < -0.39 is 18.1 Å². The van der Waals surface area contributed by atoms with E-state index in [9.17, 15) is 22.8 Å². The number of hydrogen-bond acceptors (Lipinski definition) is 3. The minimum Gasteiger partial charge on any atom is -0.870 e. The number of hydrogen-bond donors (Lipinski definition) is 1. The Hall–Kier alpha value is -0.110. The second kappa shape index (κ2) is 7.31. The van der Waals surface area contributed by atoms with E-state index in [0.717, 1.165) is 13.2 Å². The van der Waals surface area contributed by atoms with Crippen molar-refractivity contribution >= 4 is 12.2 Å². The molecule has 2 N–H and O–H groups in total. The molecule has 0 aromatic carbocycles. The Bertz CT molecular complexity index is 173. The minimum absolute atomic E-state index is 0. The maximum Gasteiger partial charge on any atom is 1.00 e. The molecule has 8 heteroatoms. The van der Waals surface area contributed by atoms with E-state index in [2.05, 4.69) is 0 Å². The van der Waals surface area contributed by atoms with Crippen molar-refractivity contribution in [2.24, 2.45) is 0 Å². The van der Waals surface area contributed by atoms with E-state index in [1.807, 2.05) is 0 Å². The van der Waals surface area contributed by atoms with E-state index >= 15 is 0 Å². The fraction of sp³-hybridized carbons (Fsp3) is 0.600. The summed E-state index contributed by atoms with van der Waals surface area (Å²) in [6.45, 7) is 0.731. The van der Waals surface area contributed by atoms with Gasteiger partial charge in [-0.3, -0.25) is 0 Å². The van der Waals surface area contributed by atoms with Crippen LogP contribution in [0.15, 0.2) is 0 Å². The molecule has 0 aliphatic rings. The van der Waals surface area contributed by atoms with Crippen LogP contribution < -0.4 is 34.9 Å². The van der Waals surface area contributed by atoms with Crippen molar-refractivity contribution in [2.45, 2.75) is 19.1 Å². The third kappa shape index (κ3) is 8.23. The molecule has 0 aliphatic carbocycles. The zero-order chi connectivity index (χ0) is 9.07. The number of carbonyl (C=O) groups is 1. The fourth-order valence-corrected chi connectivity index (χ4v) is 0.308. The molecule has 1 amide bonds. The molecule has 72 valence electrons. The van der Waals surface area contributed by atoms with Crippen LogP contribution in [-0.4, -0.2) is 29.9 Å². The largest absolute Gasteiger partial charge is 1.00 e. The van der Waals surface area contributed by atoms with Gasteiger partial charge in [0.1, 0.15) is 6.04 Å². The Morgan fingerprint density at radius 3 is 2.08 bits per heavy atom. The summed E-state index contributed by atoms with van der Waals surface area (Å²) in [4.78, 5) is 19.5. The van der Waals surface area contributed by atoms with Crippen LogP contribution in [-0.2, 0) is 9.59 Å². The minimum atomic E-state index is -4.52. The molecule has 13 heavy (non-hydrogen) atoms. The first kappa shape index (κ1) is 18.6. The fourth-order valence-electron chi connectivity index (χ4n) is 0.308. The summed E-state index contributed by atoms with van der Waals surface area (Å²) in [5, 5.41) is 1.38. The summed E-state index contributed by atoms with van der Waals surface area (Å²) in [5.74, 6) is -1.39. The van der Waals surface area contributed by atoms with Crippen molar-refractivity contribution < 1.29 is 57.8 Å². The molecule has 0 radical (unpaired) electrons. The van der Waals surface area contributed by atoms with Crippen LogP contribution >= 0.6 is 0 Å². The van der Waals surface area contributed by atoms with Gasteiger partial charge in [0.2, 0.25) is 0 Å². The Kier molecular flexibility index (Phi) is 10.5. The van der Waals surface area contributed by atoms with Gasteiger partial charge in [0.15, 0.2) is 0 Å². The number of alkyl halides is 3. The Labute approximate surface area is 94.5 Å². The van der Waals surface area contributed by atoms with Crippen molar-refractivity contribution in [1.29, 1.82) is 0 Å². The maximum absolute atomic E-state index is 11.6. The molecule has 0 aliphatic heterocycles. The number of rotatable bonds is 2. The van der Waals surface area contributed by atoms with Gasteiger partial charge in [-0.1, -0.05) is 0 Å². The third-order valence-corrected chi connectivity index (χ3v) is 0.931. The van der Waals surface area contributed by atoms with E-state index in [1.165, 1.54) is 5.32 Å². The van der Waals surface area contributed by atoms with Crippen molar-refractivity contribution in [3.63, 3.8) is 0 Å². The molecule has 0 saturated carbocycles. The molecule has 0 fully saturated rings. The molecule has 0 aromatic rings. The van der Waals surface area contributed by atoms with Crippen molar-refractivity contribution in [3.8, 4) is 0 Å². The maximum atomic E-state index is 11.6. The van der Waals surface area contributed by atoms with Crippen molar-refractivity contribution in [1.82, 2.24) is 5.32 Å². The van der Waals surface area contributed by atoms with Crippen LogP contribution in [0.25, 0.3) is 0 Å². The average molecular weight is 208 g/mol. The van der Waals surface area contributed by atoms with Crippen LogP contribution in [0.5, 0.6) is 0 Å². The predicted octanol–water partition coefficient (Wildman–Crippen LogP) is -3.01. The summed E-state index contributed by atoms with van der Waals surface area (Å²) in [5.41, 5.74) is 0. The van der Waals surface area contributed by atoms with E-state index in [-0.39, 0.29) is 35.0 Å². The molecule has 0 bridgehead atoms. The van der Waals surface area contributed by atoms with Crippen LogP contribution in [0.4, 0.5) is 13.2 Å². The van der Waals surface area contributed by atoms with Crippen molar-refractivity contribution in [2.75, 3.05) is 0 Å². The van der Waals surface area contributed by atoms with Gasteiger partial charge in [0, 0.05) is 0 Å². The summed E-state index contributed by atoms with van der Waals surface area (Å²) in [6.07, 6.45) is -3.75. The van der Waals surface area contributed by atoms with Crippen LogP contribution in [0, 0.1) is 0 Å². The Morgan fingerprint density at radius 2 is 1.85 bits per heavy atom. The standard InChI is InChI=1S/C5H5F3NO2.Na.H2O/c1-3(5(6,7)8)9-4(11)2-10;;/h3H,1H3,(H,9,11);;1H2/q-1;+1;/p-1/t3-;;/m0../s1. The number of halogens is 3. The summed E-state index contributed by atoms with van der Waals surface area (Å²) in [7, 11) is 0. The first-order valence-corrected chi connectivity index (χ1v) is 2.63. The van der Waals surface area contributed by atoms with Gasteiger partial charge in [-0.15, -0.1) is 0 Å². The van der Waals surface area contributed by atoms with Gasteiger partial charge in [-0.25, -0.2) is 0 Å². The zero-order valence-electron chi connectivity index (χ0n) is 6.97. The molecule has 0 unspecified atom stereocenters. The summed E-state index contributed by atoms with van der Waals surface area (Å²) in [6, 6.07) is -2.02. The van der Waals surface area contributed by atoms with Crippen LogP contribution in [0.3, 0.4) is 0 Å². The monoisotopic (exact) mass is 208 g/mol. The quantitative estimate of drug-likeness (QED) is 0.298. The molecule has 1 atom stereocenters. The van der Waals surface area contributed by atoms with Gasteiger partial charge in [0.25, 0.3) is 0 Å². The molecule has 0 heterocycles. The van der Waals surface area contributed by atoms with Crippen LogP contribution in [0.2, 0.25) is 0 Å². The van der Waals surface area contributed by atoms with Crippen molar-refractivity contribution in [3.05, 3.63) is 0 Å². The normalized spacial score (nSPS) is 11.7. The second-order valence-electron chi connectivity index (χ2n) is 1.84. The average Bonchev–Trinajstić information content (AvgIpc) is 1.85. The summed E-state index contributed by atoms with van der Waals surface area (Å²) < 4.78 is 34.8. The molecule has 0 saturated heterocycles. The molecule has 0 aromatic heterocycles. The molecule has 4 nitrogen and oxygen atoms in total. The Balaban J connectivity index is -0.000000500. The summed E-state index contributed by atoms with van der Waals surface area (Å²) >= 11 is 0. The van der Waals surface area contributed by atoms with E-state index in [1.54, 1.807) is 0 Å². The number of nitrogens with one attached hydrogen (secondary N) is 1. The SMILES string of the molecule is C[C@H](NC(=O)[C-]=O)C(F)(F)F.[Na+].[OH-]. The molecule has 0 spiro atoms. The first-order chi connectivity index (χ1) is 4.88. The van der Waals surface area contributed by atoms with E-state index in [0.29, 0.717) is 0 Å². The third-order valence-electron chi connectivity index (χ3n) is 0.931. The Morgan fingerprint density at radius 1 is 1.46 bits per heavy atom. The van der Waals surface area contributed by atoms with Gasteiger partial charge in [0.05, 0.1) is 5.91 Å². The van der Waals surface area contributed by atoms with Gasteiger partial charge in [-0.2, -0.15) is 19.5 Å². The first-order valence-electron chi connectivity index (χ1n) is 2.63. The number of amides is 1. The zero-order valence-corrected chi connectivity index (χ0v) is 8.97. The van der Waals surface area contributed by atoms with Gasteiger partial charge >= 0.3 is 35.7 Å². The van der Waals surface area contributed by atoms with Gasteiger partial charge in [-0.05, 0) is 6.92 Å². The molecule has 0 rings (SSSR count). The second-order valence-corrected chi connectivity index (χ2v) is 1.84. The van der Waals surface area contributed by atoms with Crippen LogP contribution in [0.1, 0.15) is 6.92 Å².